The van der Waals surface area contributed by atoms with Crippen LogP contribution in [0.25, 0.3) is 0 Å². The van der Waals surface area contributed by atoms with Gasteiger partial charge in [0, 0.05) is 6.61 Å². The molecule has 1 heterocycles. The first-order valence-corrected chi connectivity index (χ1v) is 9.89. The van der Waals surface area contributed by atoms with Crippen LogP contribution in [0.5, 0.6) is 0 Å². The minimum atomic E-state index is -0.899. The number of ether oxygens (including phenoxy) is 2. The molecule has 3 rings (SSSR count). The zero-order valence-corrected chi connectivity index (χ0v) is 16.6. The Morgan fingerprint density at radius 2 is 1.76 bits per heavy atom. The average Bonchev–Trinajstić information content (AvgIpc) is 3.11. The Morgan fingerprint density at radius 1 is 1.14 bits per heavy atom. The molecule has 1 saturated heterocycles. The van der Waals surface area contributed by atoms with Gasteiger partial charge in [-0.05, 0) is 24.0 Å². The van der Waals surface area contributed by atoms with E-state index in [-0.39, 0.29) is 12.6 Å². The van der Waals surface area contributed by atoms with Gasteiger partial charge < -0.3 is 14.6 Å². The number of amides is 2. The average molecular weight is 397 g/mol. The zero-order valence-electron chi connectivity index (χ0n) is 16.6. The van der Waals surface area contributed by atoms with E-state index in [2.05, 4.69) is 0 Å². The Balaban J connectivity index is 1.51. The van der Waals surface area contributed by atoms with E-state index in [1.807, 2.05) is 60.7 Å². The van der Waals surface area contributed by atoms with Crippen LogP contribution in [-0.4, -0.2) is 47.4 Å². The van der Waals surface area contributed by atoms with Crippen molar-refractivity contribution in [2.45, 2.75) is 38.5 Å². The number of cyclic esters (lactones) is 1. The van der Waals surface area contributed by atoms with Crippen LogP contribution in [0.3, 0.4) is 0 Å². The number of hydrogen-bond donors (Lipinski definition) is 1. The van der Waals surface area contributed by atoms with Crippen LogP contribution in [0.2, 0.25) is 0 Å². The standard InChI is InChI=1S/C23H27NO5/c1-17(21(25)12-13-28-15-19-10-6-3-7-11-19)22(26)24-20(16-29-23(24)27)14-18-8-4-2-5-9-18/h2-11,17,20-21,25H,12-16H2,1H3/t17-,20-,21+/m0/s1. The lowest BCUT2D eigenvalue weighted by molar-refractivity contribution is -0.136. The van der Waals surface area contributed by atoms with Gasteiger partial charge in [-0.25, -0.2) is 9.69 Å². The van der Waals surface area contributed by atoms with E-state index in [4.69, 9.17) is 9.47 Å². The summed E-state index contributed by atoms with van der Waals surface area (Å²) in [6.07, 6.45) is -0.702. The summed E-state index contributed by atoms with van der Waals surface area (Å²) in [5, 5.41) is 10.4. The van der Waals surface area contributed by atoms with Gasteiger partial charge in [-0.1, -0.05) is 67.6 Å². The van der Waals surface area contributed by atoms with E-state index < -0.39 is 24.0 Å². The second-order valence-corrected chi connectivity index (χ2v) is 7.31. The van der Waals surface area contributed by atoms with E-state index >= 15 is 0 Å². The summed E-state index contributed by atoms with van der Waals surface area (Å²) in [5.41, 5.74) is 2.07. The highest BCUT2D eigenvalue weighted by atomic mass is 16.6. The van der Waals surface area contributed by atoms with Gasteiger partial charge in [0.05, 0.1) is 24.7 Å². The van der Waals surface area contributed by atoms with Crippen LogP contribution in [0, 0.1) is 5.92 Å². The number of nitrogens with zero attached hydrogens (tertiary/aromatic N) is 1. The molecule has 0 aromatic heterocycles. The third kappa shape index (κ3) is 5.65. The maximum Gasteiger partial charge on any atom is 0.416 e. The quantitative estimate of drug-likeness (QED) is 0.658. The molecule has 1 fully saturated rings. The fourth-order valence-electron chi connectivity index (χ4n) is 3.37. The van der Waals surface area contributed by atoms with Crippen molar-refractivity contribution in [2.75, 3.05) is 13.2 Å². The van der Waals surface area contributed by atoms with Gasteiger partial charge in [0.25, 0.3) is 0 Å². The second-order valence-electron chi connectivity index (χ2n) is 7.31. The lowest BCUT2D eigenvalue weighted by atomic mass is 9.99. The molecule has 0 bridgehead atoms. The van der Waals surface area contributed by atoms with Gasteiger partial charge in [-0.2, -0.15) is 0 Å². The normalized spacial score (nSPS) is 18.3. The number of rotatable bonds is 9. The monoisotopic (exact) mass is 397 g/mol. The van der Waals surface area contributed by atoms with Gasteiger partial charge in [-0.3, -0.25) is 4.79 Å². The Bertz CT molecular complexity index is 795. The largest absolute Gasteiger partial charge is 0.447 e. The first-order valence-electron chi connectivity index (χ1n) is 9.89. The highest BCUT2D eigenvalue weighted by Gasteiger charge is 2.41. The van der Waals surface area contributed by atoms with Gasteiger partial charge in [0.15, 0.2) is 0 Å². The molecule has 154 valence electrons. The van der Waals surface area contributed by atoms with Crippen molar-refractivity contribution >= 4 is 12.0 Å². The molecule has 3 atom stereocenters. The summed E-state index contributed by atoms with van der Waals surface area (Å²) in [5.74, 6) is -1.14. The lowest BCUT2D eigenvalue weighted by Crippen LogP contribution is -2.45. The summed E-state index contributed by atoms with van der Waals surface area (Å²) in [6, 6.07) is 19.0. The molecule has 29 heavy (non-hydrogen) atoms. The van der Waals surface area contributed by atoms with Crippen molar-refractivity contribution in [3.63, 3.8) is 0 Å². The molecule has 2 amide bonds. The van der Waals surface area contributed by atoms with E-state index in [0.29, 0.717) is 26.1 Å². The lowest BCUT2D eigenvalue weighted by Gasteiger charge is -2.25. The topological polar surface area (TPSA) is 76.1 Å². The SMILES string of the molecule is C[C@H](C(=O)N1C(=O)OC[C@@H]1Cc1ccccc1)[C@H](O)CCOCc1ccccc1. The molecular formula is C23H27NO5. The molecule has 2 aromatic rings. The van der Waals surface area contributed by atoms with Crippen molar-refractivity contribution in [1.29, 1.82) is 0 Å². The van der Waals surface area contributed by atoms with E-state index in [1.54, 1.807) is 6.92 Å². The second kappa shape index (κ2) is 10.2. The van der Waals surface area contributed by atoms with Crippen LogP contribution in [0.4, 0.5) is 4.79 Å². The van der Waals surface area contributed by atoms with Crippen LogP contribution in [-0.2, 0) is 27.3 Å². The molecule has 1 aliphatic rings. The molecule has 0 aliphatic carbocycles. The summed E-state index contributed by atoms with van der Waals surface area (Å²) in [4.78, 5) is 26.2. The predicted molar refractivity (Wildman–Crippen MR) is 108 cm³/mol. The van der Waals surface area contributed by atoms with Crippen LogP contribution in [0.1, 0.15) is 24.5 Å². The molecule has 0 spiro atoms. The molecular weight excluding hydrogens is 370 g/mol. The van der Waals surface area contributed by atoms with Crippen molar-refractivity contribution in [3.05, 3.63) is 71.8 Å². The first-order chi connectivity index (χ1) is 14.1. The Kier molecular flexibility index (Phi) is 7.38. The maximum absolute atomic E-state index is 12.9. The van der Waals surface area contributed by atoms with Gasteiger partial charge in [-0.15, -0.1) is 0 Å². The van der Waals surface area contributed by atoms with Crippen LogP contribution >= 0.6 is 0 Å². The zero-order chi connectivity index (χ0) is 20.6. The molecule has 2 aromatic carbocycles. The number of carbonyl (C=O) groups excluding carboxylic acids is 2. The highest BCUT2D eigenvalue weighted by molar-refractivity contribution is 5.94. The molecule has 0 unspecified atom stereocenters. The highest BCUT2D eigenvalue weighted by Crippen LogP contribution is 2.22. The van der Waals surface area contributed by atoms with Gasteiger partial charge in [0.2, 0.25) is 5.91 Å². The maximum atomic E-state index is 12.9. The predicted octanol–water partition coefficient (Wildman–Crippen LogP) is 3.18. The summed E-state index contributed by atoms with van der Waals surface area (Å²) >= 11 is 0. The summed E-state index contributed by atoms with van der Waals surface area (Å²) in [6.45, 7) is 2.58. The Morgan fingerprint density at radius 3 is 2.41 bits per heavy atom. The molecule has 1 aliphatic heterocycles. The number of imide groups is 1. The third-order valence-corrected chi connectivity index (χ3v) is 5.15. The number of benzene rings is 2. The number of aliphatic hydroxyl groups is 1. The van der Waals surface area contributed by atoms with Crippen molar-refractivity contribution in [2.24, 2.45) is 5.92 Å². The first kappa shape index (κ1) is 21.0. The molecule has 6 heteroatoms. The molecule has 0 saturated carbocycles. The molecule has 0 radical (unpaired) electrons. The van der Waals surface area contributed by atoms with E-state index in [9.17, 15) is 14.7 Å². The fourth-order valence-corrected chi connectivity index (χ4v) is 3.37. The van der Waals surface area contributed by atoms with Gasteiger partial charge in [0.1, 0.15) is 6.61 Å². The van der Waals surface area contributed by atoms with Crippen LogP contribution < -0.4 is 0 Å². The third-order valence-electron chi connectivity index (χ3n) is 5.15. The minimum Gasteiger partial charge on any atom is -0.447 e. The number of hydrogen-bond acceptors (Lipinski definition) is 5. The van der Waals surface area contributed by atoms with Crippen molar-refractivity contribution in [1.82, 2.24) is 4.90 Å². The smallest absolute Gasteiger partial charge is 0.416 e. The van der Waals surface area contributed by atoms with E-state index in [0.717, 1.165) is 16.0 Å². The summed E-state index contributed by atoms with van der Waals surface area (Å²) < 4.78 is 10.7. The molecule has 6 nitrogen and oxygen atoms in total. The number of aliphatic hydroxyl groups excluding tert-OH is 1. The Labute approximate surface area is 171 Å². The fraction of sp³-hybridized carbons (Fsp3) is 0.391. The molecule has 1 N–H and O–H groups in total. The van der Waals surface area contributed by atoms with Crippen molar-refractivity contribution in [3.8, 4) is 0 Å². The van der Waals surface area contributed by atoms with Crippen molar-refractivity contribution < 1.29 is 24.2 Å². The van der Waals surface area contributed by atoms with E-state index in [1.165, 1.54) is 0 Å². The van der Waals surface area contributed by atoms with Crippen LogP contribution in [0.15, 0.2) is 60.7 Å². The van der Waals surface area contributed by atoms with Gasteiger partial charge >= 0.3 is 6.09 Å². The summed E-state index contributed by atoms with van der Waals surface area (Å²) in [7, 11) is 0. The minimum absolute atomic E-state index is 0.169. The Hall–Kier alpha value is -2.70. The number of carbonyl (C=O) groups is 2.